The van der Waals surface area contributed by atoms with Gasteiger partial charge in [-0.1, -0.05) is 42.0 Å². The zero-order valence-corrected chi connectivity index (χ0v) is 21.9. The Balaban J connectivity index is 1.50. The van der Waals surface area contributed by atoms with Gasteiger partial charge in [-0.2, -0.15) is 4.31 Å². The van der Waals surface area contributed by atoms with Crippen LogP contribution < -0.4 is 0 Å². The molecule has 5 rings (SSSR count). The van der Waals surface area contributed by atoms with E-state index in [2.05, 4.69) is 17.5 Å². The first-order valence-electron chi connectivity index (χ1n) is 11.8. The molecule has 2 aromatic carbocycles. The third kappa shape index (κ3) is 4.76. The fourth-order valence-corrected chi connectivity index (χ4v) is 6.98. The predicted octanol–water partition coefficient (Wildman–Crippen LogP) is 5.32. The lowest BCUT2D eigenvalue weighted by Crippen LogP contribution is -2.46. The smallest absolute Gasteiger partial charge is 0.243 e. The van der Waals surface area contributed by atoms with E-state index in [-0.39, 0.29) is 29.9 Å². The molecule has 0 saturated carbocycles. The Kier molecular flexibility index (Phi) is 6.83. The highest BCUT2D eigenvalue weighted by atomic mass is 32.2. The summed E-state index contributed by atoms with van der Waals surface area (Å²) in [6.45, 7) is 4.18. The van der Waals surface area contributed by atoms with E-state index in [1.165, 1.54) is 15.4 Å². The molecule has 0 N–H and O–H groups in total. The zero-order chi connectivity index (χ0) is 25.3. The number of aryl methyl sites for hydroxylation is 2. The molecule has 0 saturated heterocycles. The number of nitrogens with zero attached hydrogens (tertiary/aromatic N) is 2. The number of carbonyl (C=O) groups excluding carboxylic acids is 1. The Bertz CT molecular complexity index is 1460. The number of fused-ring (bicyclic) bond motifs is 1. The number of hydrogen-bond donors (Lipinski definition) is 0. The SMILES string of the molecule is Cc1ccc(S(=O)(=O)N(CC(=O)N2CCc3sccc3C2c2ccccc2C)Cc2ccco2)cc1. The Hall–Kier alpha value is -3.20. The molecule has 1 unspecified atom stereocenters. The van der Waals surface area contributed by atoms with Gasteiger partial charge in [0.15, 0.2) is 0 Å². The van der Waals surface area contributed by atoms with E-state index in [9.17, 15) is 13.2 Å². The first-order valence-corrected chi connectivity index (χ1v) is 14.2. The topological polar surface area (TPSA) is 70.8 Å². The molecule has 1 aliphatic rings. The number of amides is 1. The molecule has 1 atom stereocenters. The van der Waals surface area contributed by atoms with Crippen LogP contribution in [0.3, 0.4) is 0 Å². The van der Waals surface area contributed by atoms with Crippen LogP contribution in [0.4, 0.5) is 0 Å². The molecule has 1 aliphatic heterocycles. The lowest BCUT2D eigenvalue weighted by Gasteiger charge is -2.38. The Morgan fingerprint density at radius 2 is 1.81 bits per heavy atom. The maximum atomic E-state index is 13.9. The third-order valence-corrected chi connectivity index (χ3v) is 9.45. The van der Waals surface area contributed by atoms with E-state index in [1.807, 2.05) is 36.9 Å². The molecule has 186 valence electrons. The van der Waals surface area contributed by atoms with Crippen LogP contribution in [-0.2, 0) is 27.8 Å². The van der Waals surface area contributed by atoms with Gasteiger partial charge in [-0.25, -0.2) is 8.42 Å². The van der Waals surface area contributed by atoms with Crippen molar-refractivity contribution < 1.29 is 17.6 Å². The van der Waals surface area contributed by atoms with Crippen LogP contribution in [0.1, 0.15) is 38.9 Å². The molecule has 8 heteroatoms. The lowest BCUT2D eigenvalue weighted by atomic mass is 9.90. The molecule has 0 bridgehead atoms. The molecule has 0 spiro atoms. The second-order valence-corrected chi connectivity index (χ2v) is 12.0. The van der Waals surface area contributed by atoms with Gasteiger partial charge in [0.2, 0.25) is 15.9 Å². The van der Waals surface area contributed by atoms with Crippen molar-refractivity contribution in [2.24, 2.45) is 0 Å². The first-order chi connectivity index (χ1) is 17.3. The van der Waals surface area contributed by atoms with Gasteiger partial charge in [0.1, 0.15) is 5.76 Å². The van der Waals surface area contributed by atoms with E-state index in [0.29, 0.717) is 12.3 Å². The number of sulfonamides is 1. The van der Waals surface area contributed by atoms with Crippen molar-refractivity contribution in [1.29, 1.82) is 0 Å². The van der Waals surface area contributed by atoms with Crippen LogP contribution in [-0.4, -0.2) is 36.6 Å². The summed E-state index contributed by atoms with van der Waals surface area (Å²) in [4.78, 5) is 17.1. The molecular formula is C28H28N2O4S2. The Morgan fingerprint density at radius 1 is 1.03 bits per heavy atom. The summed E-state index contributed by atoms with van der Waals surface area (Å²) >= 11 is 1.71. The highest BCUT2D eigenvalue weighted by molar-refractivity contribution is 7.89. The van der Waals surface area contributed by atoms with Crippen molar-refractivity contribution in [3.8, 4) is 0 Å². The molecule has 3 heterocycles. The molecule has 36 heavy (non-hydrogen) atoms. The second kappa shape index (κ2) is 10.0. The highest BCUT2D eigenvalue weighted by Crippen LogP contribution is 2.39. The van der Waals surface area contributed by atoms with E-state index in [4.69, 9.17) is 4.42 Å². The molecule has 6 nitrogen and oxygen atoms in total. The number of benzene rings is 2. The summed E-state index contributed by atoms with van der Waals surface area (Å²) in [7, 11) is -3.94. The van der Waals surface area contributed by atoms with E-state index < -0.39 is 10.0 Å². The van der Waals surface area contributed by atoms with Crippen molar-refractivity contribution in [3.05, 3.63) is 111 Å². The average molecular weight is 521 g/mol. The first kappa shape index (κ1) is 24.5. The van der Waals surface area contributed by atoms with Crippen LogP contribution >= 0.6 is 11.3 Å². The summed E-state index contributed by atoms with van der Waals surface area (Å²) in [6.07, 6.45) is 2.26. The van der Waals surface area contributed by atoms with Crippen molar-refractivity contribution in [1.82, 2.24) is 9.21 Å². The Labute approximate surface area is 215 Å². The molecule has 0 aliphatic carbocycles. The minimum atomic E-state index is -3.94. The van der Waals surface area contributed by atoms with Crippen molar-refractivity contribution in [2.75, 3.05) is 13.1 Å². The number of carbonyl (C=O) groups is 1. The third-order valence-electron chi connectivity index (χ3n) is 6.65. The van der Waals surface area contributed by atoms with Gasteiger partial charge < -0.3 is 9.32 Å². The molecule has 1 amide bonds. The van der Waals surface area contributed by atoms with Gasteiger partial charge in [-0.3, -0.25) is 4.79 Å². The van der Waals surface area contributed by atoms with Crippen LogP contribution in [0.2, 0.25) is 0 Å². The summed E-state index contributed by atoms with van der Waals surface area (Å²) in [5.41, 5.74) is 4.24. The van der Waals surface area contributed by atoms with Crippen LogP contribution in [0.5, 0.6) is 0 Å². The van der Waals surface area contributed by atoms with Gasteiger partial charge in [0.05, 0.1) is 30.3 Å². The minimum Gasteiger partial charge on any atom is -0.468 e. The normalized spacial score (nSPS) is 15.8. The number of rotatable bonds is 7. The van der Waals surface area contributed by atoms with Gasteiger partial charge in [0.25, 0.3) is 0 Å². The lowest BCUT2D eigenvalue weighted by molar-refractivity contribution is -0.133. The number of hydrogen-bond acceptors (Lipinski definition) is 5. The van der Waals surface area contributed by atoms with E-state index in [1.54, 1.807) is 47.7 Å². The monoisotopic (exact) mass is 520 g/mol. The summed E-state index contributed by atoms with van der Waals surface area (Å²) < 4.78 is 34.0. The summed E-state index contributed by atoms with van der Waals surface area (Å²) in [5.74, 6) is 0.245. The fraction of sp³-hybridized carbons (Fsp3) is 0.250. The van der Waals surface area contributed by atoms with Gasteiger partial charge in [-0.05, 0) is 72.7 Å². The van der Waals surface area contributed by atoms with Crippen LogP contribution in [0.25, 0.3) is 0 Å². The van der Waals surface area contributed by atoms with Gasteiger partial charge >= 0.3 is 0 Å². The zero-order valence-electron chi connectivity index (χ0n) is 20.3. The largest absolute Gasteiger partial charge is 0.468 e. The molecular weight excluding hydrogens is 492 g/mol. The van der Waals surface area contributed by atoms with Crippen molar-refractivity contribution >= 4 is 27.3 Å². The van der Waals surface area contributed by atoms with Crippen molar-refractivity contribution in [3.63, 3.8) is 0 Å². The second-order valence-electron chi connectivity index (χ2n) is 9.06. The molecule has 2 aromatic heterocycles. The molecule has 0 fully saturated rings. The quantitative estimate of drug-likeness (QED) is 0.331. The van der Waals surface area contributed by atoms with Gasteiger partial charge in [0, 0.05) is 11.4 Å². The maximum Gasteiger partial charge on any atom is 0.243 e. The summed E-state index contributed by atoms with van der Waals surface area (Å²) in [6, 6.07) is 20.0. The summed E-state index contributed by atoms with van der Waals surface area (Å²) in [5, 5.41) is 2.06. The van der Waals surface area contributed by atoms with Crippen molar-refractivity contribution in [2.45, 2.75) is 37.8 Å². The average Bonchev–Trinajstić information content (AvgIpc) is 3.56. The maximum absolute atomic E-state index is 13.9. The highest BCUT2D eigenvalue weighted by Gasteiger charge is 2.36. The standard InChI is InChI=1S/C28H28N2O4S2/c1-20-9-11-23(12-10-20)36(32,33)29(18-22-7-5-16-34-22)19-27(31)30-15-13-26-25(14-17-35-26)28(30)24-8-4-3-6-21(24)2/h3-12,14,16-17,28H,13,15,18-19H2,1-2H3. The molecule has 4 aromatic rings. The van der Waals surface area contributed by atoms with Crippen LogP contribution in [0.15, 0.2) is 87.7 Å². The van der Waals surface area contributed by atoms with E-state index >= 15 is 0 Å². The minimum absolute atomic E-state index is 0.0263. The fourth-order valence-electron chi connectivity index (χ4n) is 4.72. The van der Waals surface area contributed by atoms with E-state index in [0.717, 1.165) is 28.7 Å². The van der Waals surface area contributed by atoms with Gasteiger partial charge in [-0.15, -0.1) is 11.3 Å². The predicted molar refractivity (Wildman–Crippen MR) is 140 cm³/mol. The number of thiophene rings is 1. The Morgan fingerprint density at radius 3 is 2.53 bits per heavy atom. The van der Waals surface area contributed by atoms with Crippen LogP contribution in [0, 0.1) is 13.8 Å². The number of furan rings is 1. The molecule has 0 radical (unpaired) electrons.